The maximum Gasteiger partial charge on any atom is 0.472 e. The molecule has 0 aromatic rings. The normalized spacial score (nSPS) is 14.5. The summed E-state index contributed by atoms with van der Waals surface area (Å²) in [4.78, 5) is 73.1. The molecule has 0 radical (unpaired) electrons. The van der Waals surface area contributed by atoms with Crippen molar-refractivity contribution in [2.75, 3.05) is 39.6 Å². The van der Waals surface area contributed by atoms with E-state index in [-0.39, 0.29) is 25.7 Å². The van der Waals surface area contributed by atoms with Gasteiger partial charge in [0.25, 0.3) is 0 Å². The van der Waals surface area contributed by atoms with Crippen molar-refractivity contribution in [3.8, 4) is 0 Å². The summed E-state index contributed by atoms with van der Waals surface area (Å²) in [6.07, 6.45) is 61.1. The Morgan fingerprint density at radius 1 is 0.272 bits per heavy atom. The molecule has 4 unspecified atom stereocenters. The quantitative estimate of drug-likeness (QED) is 0.0222. The second-order valence-corrected chi connectivity index (χ2v) is 34.6. The van der Waals surface area contributed by atoms with E-state index in [4.69, 9.17) is 37.0 Å². The van der Waals surface area contributed by atoms with Gasteiger partial charge in [0, 0.05) is 25.7 Å². The van der Waals surface area contributed by atoms with Crippen LogP contribution in [0.5, 0.6) is 0 Å². The van der Waals surface area contributed by atoms with Gasteiger partial charge in [0.2, 0.25) is 0 Å². The molecule has 103 heavy (non-hydrogen) atoms. The van der Waals surface area contributed by atoms with Crippen LogP contribution in [0.1, 0.15) is 434 Å². The van der Waals surface area contributed by atoms with Gasteiger partial charge in [0.1, 0.15) is 19.3 Å². The zero-order valence-corrected chi connectivity index (χ0v) is 69.7. The van der Waals surface area contributed by atoms with E-state index in [1.54, 1.807) is 0 Å². The number of hydrogen-bond acceptors (Lipinski definition) is 15. The van der Waals surface area contributed by atoms with Crippen molar-refractivity contribution >= 4 is 39.5 Å². The number of ether oxygens (including phenoxy) is 4. The summed E-state index contributed by atoms with van der Waals surface area (Å²) in [6, 6.07) is 0. The molecule has 612 valence electrons. The van der Waals surface area contributed by atoms with Crippen molar-refractivity contribution in [1.29, 1.82) is 0 Å². The summed E-state index contributed by atoms with van der Waals surface area (Å²) in [5.41, 5.74) is 0. The Kier molecular flexibility index (Phi) is 71.5. The van der Waals surface area contributed by atoms with Crippen molar-refractivity contribution in [1.82, 2.24) is 0 Å². The minimum atomic E-state index is -4.96. The Morgan fingerprint density at radius 3 is 0.689 bits per heavy atom. The number of hydrogen-bond donors (Lipinski definition) is 3. The molecule has 3 N–H and O–H groups in total. The van der Waals surface area contributed by atoms with E-state index < -0.39 is 97.5 Å². The average molecular weight is 1510 g/mol. The highest BCUT2D eigenvalue weighted by atomic mass is 31.2. The number of phosphoric ester groups is 2. The molecule has 0 fully saturated rings. The summed E-state index contributed by atoms with van der Waals surface area (Å²) in [6.45, 7) is 14.3. The van der Waals surface area contributed by atoms with Crippen LogP contribution in [-0.4, -0.2) is 96.7 Å². The van der Waals surface area contributed by atoms with Gasteiger partial charge in [-0.2, -0.15) is 0 Å². The summed E-state index contributed by atoms with van der Waals surface area (Å²) >= 11 is 0. The number of aliphatic hydroxyl groups is 1. The highest BCUT2D eigenvalue weighted by molar-refractivity contribution is 7.47. The zero-order chi connectivity index (χ0) is 76.0. The number of esters is 4. The van der Waals surface area contributed by atoms with Crippen molar-refractivity contribution in [3.63, 3.8) is 0 Å². The molecule has 0 aliphatic carbocycles. The third kappa shape index (κ3) is 75.3. The largest absolute Gasteiger partial charge is 0.472 e. The van der Waals surface area contributed by atoms with E-state index in [2.05, 4.69) is 55.4 Å². The Morgan fingerprint density at radius 2 is 0.466 bits per heavy atom. The Bertz CT molecular complexity index is 2010. The smallest absolute Gasteiger partial charge is 0.462 e. The predicted molar refractivity (Wildman–Crippen MR) is 423 cm³/mol. The molecule has 0 aliphatic heterocycles. The van der Waals surface area contributed by atoms with E-state index in [1.165, 1.54) is 231 Å². The molecule has 0 aromatic heterocycles. The number of rotatable bonds is 81. The van der Waals surface area contributed by atoms with Gasteiger partial charge in [-0.3, -0.25) is 37.3 Å². The van der Waals surface area contributed by atoms with E-state index in [1.807, 2.05) is 0 Å². The van der Waals surface area contributed by atoms with Crippen LogP contribution in [0.25, 0.3) is 0 Å². The summed E-state index contributed by atoms with van der Waals surface area (Å²) in [5.74, 6) is 1.06. The molecule has 0 saturated carbocycles. The maximum atomic E-state index is 13.1. The fourth-order valence-corrected chi connectivity index (χ4v) is 14.5. The first-order valence-corrected chi connectivity index (χ1v) is 46.3. The van der Waals surface area contributed by atoms with Gasteiger partial charge in [0.05, 0.1) is 26.4 Å². The topological polar surface area (TPSA) is 237 Å². The first-order valence-electron chi connectivity index (χ1n) is 43.3. The van der Waals surface area contributed by atoms with E-state index in [9.17, 15) is 43.2 Å². The fraction of sp³-hybridized carbons (Fsp3) is 0.952. The first-order chi connectivity index (χ1) is 49.7. The standard InChI is InChI=1S/C84H164O17P2/c1-9-76(7)62-54-46-38-32-26-20-17-18-22-28-35-41-51-59-67-84(89)101-80(71-95-82(87)65-57-49-43-42-47-55-63-77(8)10-2)73-99-103(92,93)97-69-78(85)68-96-102(90,91)98-72-79(70-94-81(86)64-56-48-39-33-29-23-25-31-37-45-53-61-75(5)6)100-83(88)66-58-50-40-34-27-21-16-14-12-11-13-15-19-24-30-36-44-52-60-74(3)4/h74-80,85H,9-73H2,1-8H3,(H,90,91)(H,92,93)/t76?,77?,78-,79-,80-/m1/s1. The SMILES string of the molecule is CCC(C)CCCCCCCCCCCCCCCCC(=O)O[C@H](COC(=O)CCCCCCCCC(C)CC)COP(=O)(O)OC[C@H](O)COP(=O)(O)OC[C@@H](COC(=O)CCCCCCCCCCCCCC(C)C)OC(=O)CCCCCCCCCCCCCCCCCCCCC(C)C. The number of carbonyl (C=O) groups is 4. The van der Waals surface area contributed by atoms with Gasteiger partial charge < -0.3 is 33.8 Å². The van der Waals surface area contributed by atoms with E-state index in [0.717, 1.165) is 120 Å². The molecule has 0 spiro atoms. The van der Waals surface area contributed by atoms with Gasteiger partial charge in [-0.05, 0) is 49.4 Å². The van der Waals surface area contributed by atoms with E-state index >= 15 is 0 Å². The Balaban J connectivity index is 5.22. The molecule has 17 nitrogen and oxygen atoms in total. The third-order valence-electron chi connectivity index (χ3n) is 20.3. The minimum absolute atomic E-state index is 0.107. The summed E-state index contributed by atoms with van der Waals surface area (Å²) in [7, 11) is -9.93. The Hall–Kier alpha value is -1.94. The van der Waals surface area contributed by atoms with E-state index in [0.29, 0.717) is 25.7 Å². The lowest BCUT2D eigenvalue weighted by Gasteiger charge is -2.21. The summed E-state index contributed by atoms with van der Waals surface area (Å²) in [5, 5.41) is 10.7. The van der Waals surface area contributed by atoms with Crippen molar-refractivity contribution < 1.29 is 80.2 Å². The lowest BCUT2D eigenvalue weighted by Crippen LogP contribution is -2.30. The fourth-order valence-electron chi connectivity index (χ4n) is 12.9. The van der Waals surface area contributed by atoms with Crippen LogP contribution >= 0.6 is 15.6 Å². The van der Waals surface area contributed by atoms with Gasteiger partial charge >= 0.3 is 39.5 Å². The van der Waals surface area contributed by atoms with Crippen LogP contribution in [-0.2, 0) is 65.4 Å². The van der Waals surface area contributed by atoms with Gasteiger partial charge in [0.15, 0.2) is 12.2 Å². The van der Waals surface area contributed by atoms with Crippen LogP contribution in [0.2, 0.25) is 0 Å². The number of carbonyl (C=O) groups excluding carboxylic acids is 4. The van der Waals surface area contributed by atoms with Crippen LogP contribution in [0.4, 0.5) is 0 Å². The molecule has 0 heterocycles. The monoisotopic (exact) mass is 1510 g/mol. The Labute approximate surface area is 632 Å². The number of phosphoric acid groups is 2. The molecule has 19 heteroatoms. The van der Waals surface area contributed by atoms with Gasteiger partial charge in [-0.25, -0.2) is 9.13 Å². The lowest BCUT2D eigenvalue weighted by atomic mass is 9.99. The van der Waals surface area contributed by atoms with Crippen LogP contribution in [0, 0.1) is 23.7 Å². The second-order valence-electron chi connectivity index (χ2n) is 31.7. The van der Waals surface area contributed by atoms with Crippen LogP contribution in [0.15, 0.2) is 0 Å². The second kappa shape index (κ2) is 72.9. The molecule has 0 saturated heterocycles. The lowest BCUT2D eigenvalue weighted by molar-refractivity contribution is -0.161. The molecule has 0 aliphatic rings. The highest BCUT2D eigenvalue weighted by Gasteiger charge is 2.30. The summed E-state index contributed by atoms with van der Waals surface area (Å²) < 4.78 is 68.8. The molecular weight excluding hydrogens is 1340 g/mol. The number of aliphatic hydroxyl groups excluding tert-OH is 1. The third-order valence-corrected chi connectivity index (χ3v) is 22.2. The maximum absolute atomic E-state index is 13.1. The van der Waals surface area contributed by atoms with Crippen molar-refractivity contribution in [3.05, 3.63) is 0 Å². The van der Waals surface area contributed by atoms with Crippen LogP contribution in [0.3, 0.4) is 0 Å². The number of unbranched alkanes of at least 4 members (excludes halogenated alkanes) is 45. The molecule has 0 amide bonds. The minimum Gasteiger partial charge on any atom is -0.462 e. The molecule has 0 bridgehead atoms. The average Bonchev–Trinajstić information content (AvgIpc) is 0.922. The van der Waals surface area contributed by atoms with Crippen molar-refractivity contribution in [2.24, 2.45) is 23.7 Å². The highest BCUT2D eigenvalue weighted by Crippen LogP contribution is 2.45. The molecule has 7 atom stereocenters. The molecule has 0 rings (SSSR count). The molecular formula is C84H164O17P2. The zero-order valence-electron chi connectivity index (χ0n) is 68.0. The van der Waals surface area contributed by atoms with Gasteiger partial charge in [-0.15, -0.1) is 0 Å². The van der Waals surface area contributed by atoms with Crippen molar-refractivity contribution in [2.45, 2.75) is 453 Å². The predicted octanol–water partition coefficient (Wildman–Crippen LogP) is 25.2. The molecule has 0 aromatic carbocycles. The van der Waals surface area contributed by atoms with Crippen LogP contribution < -0.4 is 0 Å². The first kappa shape index (κ1) is 101. The van der Waals surface area contributed by atoms with Gasteiger partial charge in [-0.1, -0.05) is 383 Å².